The monoisotopic (exact) mass is 542 g/mol. The molecule has 0 spiro atoms. The molecule has 7 nitrogen and oxygen atoms in total. The number of nitrogens with one attached hydrogen (secondary N) is 1. The van der Waals surface area contributed by atoms with Crippen molar-refractivity contribution in [1.82, 2.24) is 9.66 Å². The zero-order valence-corrected chi connectivity index (χ0v) is 20.1. The lowest BCUT2D eigenvalue weighted by molar-refractivity contribution is -0.118. The second-order valence-corrected chi connectivity index (χ2v) is 8.56. The molecule has 4 aromatic rings. The first kappa shape index (κ1) is 23.6. The number of anilines is 1. The quantitative estimate of drug-likeness (QED) is 0.341. The van der Waals surface area contributed by atoms with Gasteiger partial charge in [0.2, 0.25) is 0 Å². The van der Waals surface area contributed by atoms with Crippen molar-refractivity contribution in [3.8, 4) is 5.75 Å². The summed E-state index contributed by atoms with van der Waals surface area (Å²) < 4.78 is 20.6. The number of rotatable bonds is 6. The Morgan fingerprint density at radius 3 is 2.74 bits per heavy atom. The molecule has 0 saturated heterocycles. The fraction of sp³-hybridized carbons (Fsp3) is 0.0833. The molecule has 0 aliphatic rings. The van der Waals surface area contributed by atoms with Gasteiger partial charge >= 0.3 is 0 Å². The van der Waals surface area contributed by atoms with Crippen LogP contribution in [0.25, 0.3) is 10.9 Å². The van der Waals surface area contributed by atoms with Crippen molar-refractivity contribution in [2.75, 3.05) is 11.9 Å². The molecule has 1 heterocycles. The van der Waals surface area contributed by atoms with Crippen LogP contribution in [-0.4, -0.2) is 28.4 Å². The molecule has 10 heteroatoms. The molecular formula is C24H17BrClFN4O3. The van der Waals surface area contributed by atoms with Gasteiger partial charge in [-0.2, -0.15) is 9.78 Å². The van der Waals surface area contributed by atoms with Gasteiger partial charge in [-0.05, 0) is 67.6 Å². The van der Waals surface area contributed by atoms with Crippen molar-refractivity contribution in [2.24, 2.45) is 5.10 Å². The highest BCUT2D eigenvalue weighted by Crippen LogP contribution is 2.22. The lowest BCUT2D eigenvalue weighted by Gasteiger charge is -2.10. The molecular weight excluding hydrogens is 527 g/mol. The van der Waals surface area contributed by atoms with Gasteiger partial charge in [0.15, 0.2) is 6.61 Å². The number of fused-ring (bicyclic) bond motifs is 1. The molecule has 0 atom stereocenters. The highest BCUT2D eigenvalue weighted by molar-refractivity contribution is 9.10. The average Bonchev–Trinajstić information content (AvgIpc) is 2.80. The number of carbonyl (C=O) groups excluding carboxylic acids is 1. The first-order valence-electron chi connectivity index (χ1n) is 10.0. The van der Waals surface area contributed by atoms with Crippen molar-refractivity contribution in [3.63, 3.8) is 0 Å². The minimum absolute atomic E-state index is 0.301. The van der Waals surface area contributed by atoms with Crippen LogP contribution in [0.4, 0.5) is 10.1 Å². The molecule has 34 heavy (non-hydrogen) atoms. The second-order valence-electron chi connectivity index (χ2n) is 7.21. The van der Waals surface area contributed by atoms with Crippen molar-refractivity contribution >= 4 is 56.2 Å². The maximum atomic E-state index is 13.0. The summed E-state index contributed by atoms with van der Waals surface area (Å²) in [4.78, 5) is 29.6. The van der Waals surface area contributed by atoms with E-state index in [1.54, 1.807) is 37.3 Å². The predicted octanol–water partition coefficient (Wildman–Crippen LogP) is 5.16. The molecule has 0 bridgehead atoms. The fourth-order valence-corrected chi connectivity index (χ4v) is 3.68. The third-order valence-electron chi connectivity index (χ3n) is 4.74. The third kappa shape index (κ3) is 5.49. The Balaban J connectivity index is 1.56. The van der Waals surface area contributed by atoms with Crippen LogP contribution >= 0.6 is 27.5 Å². The molecule has 0 fully saturated rings. The van der Waals surface area contributed by atoms with Gasteiger partial charge in [-0.3, -0.25) is 9.59 Å². The van der Waals surface area contributed by atoms with E-state index in [4.69, 9.17) is 16.3 Å². The Bertz CT molecular complexity index is 1470. The van der Waals surface area contributed by atoms with E-state index >= 15 is 0 Å². The summed E-state index contributed by atoms with van der Waals surface area (Å²) in [5.74, 6) is -0.0902. The second kappa shape index (κ2) is 10.1. The van der Waals surface area contributed by atoms with Gasteiger partial charge in [0.25, 0.3) is 11.5 Å². The van der Waals surface area contributed by atoms with Crippen LogP contribution in [0.3, 0.4) is 0 Å². The summed E-state index contributed by atoms with van der Waals surface area (Å²) in [6.45, 7) is 1.37. The SMILES string of the molecule is Cc1nc2ccc(Br)cc2c(=O)n1N=Cc1cc(Cl)ccc1OCC(=O)Nc1ccc(F)cc1. The van der Waals surface area contributed by atoms with E-state index < -0.39 is 11.7 Å². The van der Waals surface area contributed by atoms with E-state index in [-0.39, 0.29) is 12.2 Å². The van der Waals surface area contributed by atoms with Crippen LogP contribution in [0.1, 0.15) is 11.4 Å². The molecule has 0 radical (unpaired) electrons. The number of amides is 1. The van der Waals surface area contributed by atoms with Crippen molar-refractivity contribution in [3.05, 3.63) is 97.7 Å². The molecule has 1 N–H and O–H groups in total. The maximum absolute atomic E-state index is 13.0. The Morgan fingerprint density at radius 1 is 1.21 bits per heavy atom. The number of hydrogen-bond donors (Lipinski definition) is 1. The zero-order valence-electron chi connectivity index (χ0n) is 17.8. The lowest BCUT2D eigenvalue weighted by atomic mass is 10.2. The molecule has 172 valence electrons. The maximum Gasteiger partial charge on any atom is 0.282 e. The molecule has 0 aliphatic heterocycles. The molecule has 3 aromatic carbocycles. The molecule has 0 unspecified atom stereocenters. The highest BCUT2D eigenvalue weighted by Gasteiger charge is 2.10. The first-order valence-corrected chi connectivity index (χ1v) is 11.2. The van der Waals surface area contributed by atoms with Crippen LogP contribution in [0.2, 0.25) is 5.02 Å². The summed E-state index contributed by atoms with van der Waals surface area (Å²) >= 11 is 9.49. The van der Waals surface area contributed by atoms with Gasteiger partial charge in [-0.1, -0.05) is 27.5 Å². The Labute approximate surface area is 207 Å². The molecule has 0 aliphatic carbocycles. The number of ether oxygens (including phenoxy) is 1. The van der Waals surface area contributed by atoms with E-state index in [1.165, 1.54) is 35.2 Å². The van der Waals surface area contributed by atoms with Gasteiger partial charge in [0, 0.05) is 20.7 Å². The highest BCUT2D eigenvalue weighted by atomic mass is 79.9. The van der Waals surface area contributed by atoms with Gasteiger partial charge in [0.1, 0.15) is 17.4 Å². The number of halogens is 3. The largest absolute Gasteiger partial charge is 0.483 e. The van der Waals surface area contributed by atoms with Crippen molar-refractivity contribution in [1.29, 1.82) is 0 Å². The van der Waals surface area contributed by atoms with E-state index in [9.17, 15) is 14.0 Å². The van der Waals surface area contributed by atoms with E-state index in [0.717, 1.165) is 4.47 Å². The van der Waals surface area contributed by atoms with Crippen LogP contribution in [0, 0.1) is 12.7 Å². The van der Waals surface area contributed by atoms with E-state index in [1.807, 2.05) is 6.07 Å². The van der Waals surface area contributed by atoms with E-state index in [0.29, 0.717) is 38.8 Å². The summed E-state index contributed by atoms with van der Waals surface area (Å²) in [6.07, 6.45) is 1.42. The average molecular weight is 544 g/mol. The number of aryl methyl sites for hydroxylation is 1. The van der Waals surface area contributed by atoms with Crippen molar-refractivity contribution < 1.29 is 13.9 Å². The molecule has 1 amide bonds. The summed E-state index contributed by atoms with van der Waals surface area (Å²) in [6, 6.07) is 15.4. The van der Waals surface area contributed by atoms with Gasteiger partial charge in [-0.25, -0.2) is 9.37 Å². The van der Waals surface area contributed by atoms with Gasteiger partial charge in [0.05, 0.1) is 17.1 Å². The number of nitrogens with zero attached hydrogens (tertiary/aromatic N) is 3. The minimum Gasteiger partial charge on any atom is -0.483 e. The van der Waals surface area contributed by atoms with Gasteiger partial charge in [-0.15, -0.1) is 0 Å². The standard InChI is InChI=1S/C24H17BrClFN4O3/c1-14-29-21-8-2-16(25)11-20(21)24(33)31(14)28-12-15-10-17(26)3-9-22(15)34-13-23(32)30-19-6-4-18(27)5-7-19/h2-12H,13H2,1H3,(H,30,32). The Morgan fingerprint density at radius 2 is 1.97 bits per heavy atom. The van der Waals surface area contributed by atoms with Crippen LogP contribution in [0.5, 0.6) is 5.75 Å². The van der Waals surface area contributed by atoms with Crippen LogP contribution in [-0.2, 0) is 4.79 Å². The number of hydrogen-bond acceptors (Lipinski definition) is 5. The fourth-order valence-electron chi connectivity index (χ4n) is 3.14. The Hall–Kier alpha value is -3.56. The minimum atomic E-state index is -0.430. The summed E-state index contributed by atoms with van der Waals surface area (Å²) in [7, 11) is 0. The molecule has 4 rings (SSSR count). The van der Waals surface area contributed by atoms with E-state index in [2.05, 4.69) is 31.3 Å². The van der Waals surface area contributed by atoms with Gasteiger partial charge < -0.3 is 10.1 Å². The van der Waals surface area contributed by atoms with Crippen LogP contribution < -0.4 is 15.6 Å². The smallest absolute Gasteiger partial charge is 0.282 e. The summed E-state index contributed by atoms with van der Waals surface area (Å²) in [5, 5.41) is 7.74. The number of carbonyl (C=O) groups is 1. The normalized spacial score (nSPS) is 11.2. The predicted molar refractivity (Wildman–Crippen MR) is 133 cm³/mol. The Kier molecular flexibility index (Phi) is 7.04. The molecule has 1 aromatic heterocycles. The molecule has 0 saturated carbocycles. The number of aromatic nitrogens is 2. The summed E-state index contributed by atoms with van der Waals surface area (Å²) in [5.41, 5.74) is 1.14. The van der Waals surface area contributed by atoms with Crippen molar-refractivity contribution in [2.45, 2.75) is 6.92 Å². The lowest BCUT2D eigenvalue weighted by Crippen LogP contribution is -2.21. The topological polar surface area (TPSA) is 85.6 Å². The third-order valence-corrected chi connectivity index (χ3v) is 5.47. The van der Waals surface area contributed by atoms with Crippen LogP contribution in [0.15, 0.2) is 75.0 Å². The number of benzene rings is 3. The first-order chi connectivity index (χ1) is 16.3. The zero-order chi connectivity index (χ0) is 24.2.